The number of hydrogen-bond acceptors (Lipinski definition) is 4. The third-order valence-electron chi connectivity index (χ3n) is 5.94. The predicted molar refractivity (Wildman–Crippen MR) is 152 cm³/mol. The summed E-state index contributed by atoms with van der Waals surface area (Å²) in [6, 6.07) is 18.8. The molecule has 0 bridgehead atoms. The van der Waals surface area contributed by atoms with Gasteiger partial charge in [-0.1, -0.05) is 66.0 Å². The first-order valence-corrected chi connectivity index (χ1v) is 14.4. The maximum Gasteiger partial charge on any atom is 0.264 e. The van der Waals surface area contributed by atoms with Gasteiger partial charge in [0.1, 0.15) is 12.6 Å². The molecule has 0 unspecified atom stereocenters. The minimum Gasteiger partial charge on any atom is -0.354 e. The van der Waals surface area contributed by atoms with Gasteiger partial charge >= 0.3 is 0 Å². The highest BCUT2D eigenvalue weighted by Crippen LogP contribution is 2.27. The second-order valence-electron chi connectivity index (χ2n) is 8.92. The van der Waals surface area contributed by atoms with Crippen LogP contribution in [0.5, 0.6) is 0 Å². The topological polar surface area (TPSA) is 86.8 Å². The van der Waals surface area contributed by atoms with Gasteiger partial charge < -0.3 is 10.2 Å². The van der Waals surface area contributed by atoms with Crippen molar-refractivity contribution in [3.63, 3.8) is 0 Å². The van der Waals surface area contributed by atoms with Crippen LogP contribution in [0.25, 0.3) is 0 Å². The summed E-state index contributed by atoms with van der Waals surface area (Å²) in [4.78, 5) is 28.1. The molecule has 1 atom stereocenters. The average Bonchev–Trinajstić information content (AvgIpc) is 2.88. The van der Waals surface area contributed by atoms with Crippen molar-refractivity contribution in [2.75, 3.05) is 17.4 Å². The normalized spacial score (nSPS) is 12.0. The van der Waals surface area contributed by atoms with Crippen molar-refractivity contribution < 1.29 is 18.0 Å². The van der Waals surface area contributed by atoms with Gasteiger partial charge in [-0.25, -0.2) is 8.42 Å². The predicted octanol–water partition coefficient (Wildman–Crippen LogP) is 5.44. The van der Waals surface area contributed by atoms with Gasteiger partial charge in [-0.15, -0.1) is 0 Å². The number of anilines is 1. The Morgan fingerprint density at radius 1 is 0.947 bits per heavy atom. The zero-order valence-corrected chi connectivity index (χ0v) is 23.9. The number of rotatable bonds is 11. The number of benzene rings is 3. The minimum atomic E-state index is -4.15. The Morgan fingerprint density at radius 2 is 1.58 bits per heavy atom. The Morgan fingerprint density at radius 3 is 2.18 bits per heavy atom. The lowest BCUT2D eigenvalue weighted by molar-refractivity contribution is -0.139. The van der Waals surface area contributed by atoms with Crippen LogP contribution in [0, 0.1) is 6.92 Å². The minimum absolute atomic E-state index is 0.0333. The fourth-order valence-corrected chi connectivity index (χ4v) is 5.61. The number of nitrogens with one attached hydrogen (secondary N) is 1. The second kappa shape index (κ2) is 13.1. The molecule has 2 amide bonds. The molecule has 0 aromatic heterocycles. The second-order valence-corrected chi connectivity index (χ2v) is 11.7. The van der Waals surface area contributed by atoms with Gasteiger partial charge in [-0.05, 0) is 68.3 Å². The fourth-order valence-electron chi connectivity index (χ4n) is 3.81. The molecule has 38 heavy (non-hydrogen) atoms. The molecule has 10 heteroatoms. The Labute approximate surface area is 234 Å². The maximum atomic E-state index is 13.8. The summed E-state index contributed by atoms with van der Waals surface area (Å²) < 4.78 is 28.6. The van der Waals surface area contributed by atoms with Crippen LogP contribution in [0.15, 0.2) is 77.7 Å². The zero-order valence-electron chi connectivity index (χ0n) is 21.5. The summed E-state index contributed by atoms with van der Waals surface area (Å²) in [5.74, 6) is -0.891. The van der Waals surface area contributed by atoms with Crippen LogP contribution in [0.3, 0.4) is 0 Å². The summed E-state index contributed by atoms with van der Waals surface area (Å²) in [6.07, 6.45) is 0.734. The standard InChI is InChI=1S/C28H31Cl2N3O4S/c1-4-15-31-28(35)21(3)32(18-22-7-5-8-23(29)16-22)27(34)19-33(25-10-6-9-24(30)17-25)38(36,37)26-13-11-20(2)12-14-26/h5-14,16-17,21H,4,15,18-19H2,1-3H3,(H,31,35)/t21-/m0/s1. The van der Waals surface area contributed by atoms with E-state index in [0.717, 1.165) is 16.3 Å². The quantitative estimate of drug-likeness (QED) is 0.330. The number of nitrogens with zero attached hydrogens (tertiary/aromatic N) is 2. The number of aryl methyl sites for hydroxylation is 1. The molecule has 202 valence electrons. The lowest BCUT2D eigenvalue weighted by Gasteiger charge is -2.32. The monoisotopic (exact) mass is 575 g/mol. The molecule has 0 aliphatic carbocycles. The first kappa shape index (κ1) is 29.5. The highest BCUT2D eigenvalue weighted by Gasteiger charge is 2.32. The van der Waals surface area contributed by atoms with Gasteiger partial charge in [-0.2, -0.15) is 0 Å². The van der Waals surface area contributed by atoms with Gasteiger partial charge in [0.25, 0.3) is 10.0 Å². The SMILES string of the molecule is CCCNC(=O)[C@H](C)N(Cc1cccc(Cl)c1)C(=O)CN(c1cccc(Cl)c1)S(=O)(=O)c1ccc(C)cc1. The van der Waals surface area contributed by atoms with E-state index in [1.54, 1.807) is 61.5 Å². The van der Waals surface area contributed by atoms with E-state index < -0.39 is 28.5 Å². The molecular weight excluding hydrogens is 545 g/mol. The van der Waals surface area contributed by atoms with Crippen molar-refractivity contribution >= 4 is 50.7 Å². The van der Waals surface area contributed by atoms with E-state index in [-0.39, 0.29) is 23.0 Å². The molecule has 1 N–H and O–H groups in total. The van der Waals surface area contributed by atoms with E-state index in [2.05, 4.69) is 5.32 Å². The lowest BCUT2D eigenvalue weighted by Crippen LogP contribution is -2.51. The maximum absolute atomic E-state index is 13.8. The van der Waals surface area contributed by atoms with Crippen molar-refractivity contribution in [2.45, 2.75) is 44.7 Å². The van der Waals surface area contributed by atoms with E-state index in [9.17, 15) is 18.0 Å². The summed E-state index contributed by atoms with van der Waals surface area (Å²) in [6.45, 7) is 5.38. The van der Waals surface area contributed by atoms with Crippen LogP contribution in [-0.4, -0.2) is 44.3 Å². The van der Waals surface area contributed by atoms with Crippen LogP contribution in [0.1, 0.15) is 31.4 Å². The highest BCUT2D eigenvalue weighted by molar-refractivity contribution is 7.92. The molecule has 0 fully saturated rings. The van der Waals surface area contributed by atoms with Crippen molar-refractivity contribution in [1.82, 2.24) is 10.2 Å². The Bertz CT molecular complexity index is 1380. The average molecular weight is 577 g/mol. The third kappa shape index (κ3) is 7.49. The van der Waals surface area contributed by atoms with Gasteiger partial charge in [0, 0.05) is 23.1 Å². The fraction of sp³-hybridized carbons (Fsp3) is 0.286. The van der Waals surface area contributed by atoms with E-state index >= 15 is 0 Å². The largest absolute Gasteiger partial charge is 0.354 e. The van der Waals surface area contributed by atoms with Gasteiger partial charge in [0.15, 0.2) is 0 Å². The molecule has 3 aromatic rings. The number of amides is 2. The van der Waals surface area contributed by atoms with Crippen LogP contribution < -0.4 is 9.62 Å². The number of sulfonamides is 1. The molecule has 7 nitrogen and oxygen atoms in total. The molecule has 0 saturated heterocycles. The number of hydrogen-bond donors (Lipinski definition) is 1. The molecule has 0 spiro atoms. The number of carbonyl (C=O) groups excluding carboxylic acids is 2. The van der Waals surface area contributed by atoms with Gasteiger partial charge in [0.05, 0.1) is 10.6 Å². The number of halogens is 2. The lowest BCUT2D eigenvalue weighted by atomic mass is 10.1. The van der Waals surface area contributed by atoms with E-state index in [1.165, 1.54) is 23.1 Å². The smallest absolute Gasteiger partial charge is 0.264 e. The van der Waals surface area contributed by atoms with Crippen LogP contribution in [0.2, 0.25) is 10.0 Å². The van der Waals surface area contributed by atoms with Crippen LogP contribution >= 0.6 is 23.2 Å². The Kier molecular flexibility index (Phi) is 10.2. The van der Waals surface area contributed by atoms with Crippen LogP contribution in [0.4, 0.5) is 5.69 Å². The summed E-state index contributed by atoms with van der Waals surface area (Å²) in [5.41, 5.74) is 1.84. The van der Waals surface area contributed by atoms with Crippen molar-refractivity contribution in [3.05, 3.63) is 94.0 Å². The highest BCUT2D eigenvalue weighted by atomic mass is 35.5. The van der Waals surface area contributed by atoms with Crippen molar-refractivity contribution in [3.8, 4) is 0 Å². The van der Waals surface area contributed by atoms with E-state index in [0.29, 0.717) is 22.2 Å². The molecule has 0 aliphatic rings. The summed E-state index contributed by atoms with van der Waals surface area (Å²) in [5, 5.41) is 3.62. The molecule has 0 aliphatic heterocycles. The first-order valence-electron chi connectivity index (χ1n) is 12.2. The van der Waals surface area contributed by atoms with Gasteiger partial charge in [-0.3, -0.25) is 13.9 Å². The molecule has 3 aromatic carbocycles. The zero-order chi connectivity index (χ0) is 27.9. The van der Waals surface area contributed by atoms with Gasteiger partial charge in [0.2, 0.25) is 11.8 Å². The molecule has 0 saturated carbocycles. The number of carbonyl (C=O) groups is 2. The van der Waals surface area contributed by atoms with Crippen molar-refractivity contribution in [1.29, 1.82) is 0 Å². The first-order chi connectivity index (χ1) is 18.0. The van der Waals surface area contributed by atoms with E-state index in [4.69, 9.17) is 23.2 Å². The third-order valence-corrected chi connectivity index (χ3v) is 8.20. The molecule has 0 radical (unpaired) electrons. The van der Waals surface area contributed by atoms with Crippen molar-refractivity contribution in [2.24, 2.45) is 0 Å². The molecule has 3 rings (SSSR count). The molecular formula is C28H31Cl2N3O4S. The Balaban J connectivity index is 2.02. The summed E-state index contributed by atoms with van der Waals surface area (Å²) >= 11 is 12.3. The summed E-state index contributed by atoms with van der Waals surface area (Å²) in [7, 11) is -4.15. The Hall–Kier alpha value is -3.07. The van der Waals surface area contributed by atoms with E-state index in [1.807, 2.05) is 13.8 Å². The molecule has 0 heterocycles. The van der Waals surface area contributed by atoms with Crippen LogP contribution in [-0.2, 0) is 26.2 Å².